The quantitative estimate of drug-likeness (QED) is 0.472. The highest BCUT2D eigenvalue weighted by Gasteiger charge is 2.07. The molecule has 0 atom stereocenters. The summed E-state index contributed by atoms with van der Waals surface area (Å²) in [7, 11) is 0. The van der Waals surface area contributed by atoms with Gasteiger partial charge in [0.05, 0.1) is 10.9 Å². The van der Waals surface area contributed by atoms with E-state index < -0.39 is 0 Å². The third kappa shape index (κ3) is 3.55. The van der Waals surface area contributed by atoms with Crippen molar-refractivity contribution in [1.82, 2.24) is 15.0 Å². The molecule has 28 heavy (non-hydrogen) atoms. The van der Waals surface area contributed by atoms with Gasteiger partial charge < -0.3 is 16.0 Å². The van der Waals surface area contributed by atoms with E-state index in [-0.39, 0.29) is 5.91 Å². The van der Waals surface area contributed by atoms with Gasteiger partial charge in [-0.1, -0.05) is 35.6 Å². The Hall–Kier alpha value is -4.11. The fraction of sp³-hybridized carbons (Fsp3) is 0.0455. The standard InChI is InChI=1S/C22H17N5O/c1-14-5-8-16(9-6-14)22(28)27-18-4-2-3-15(11-18)7-10-17-12-24-21-19(17)20(23)25-13-26-21/h2-6,8-9,11-13H,1H3,(H,27,28)(H3,23,24,25,26). The zero-order valence-electron chi connectivity index (χ0n) is 15.2. The lowest BCUT2D eigenvalue weighted by Gasteiger charge is -2.06. The number of carbonyl (C=O) groups is 1. The normalized spacial score (nSPS) is 10.3. The Kier molecular flexibility index (Phi) is 4.48. The van der Waals surface area contributed by atoms with Gasteiger partial charge in [0.25, 0.3) is 5.91 Å². The third-order valence-corrected chi connectivity index (χ3v) is 4.27. The average Bonchev–Trinajstić information content (AvgIpc) is 3.12. The van der Waals surface area contributed by atoms with Gasteiger partial charge in [0, 0.05) is 23.0 Å². The summed E-state index contributed by atoms with van der Waals surface area (Å²) in [6.45, 7) is 1.98. The number of hydrogen-bond acceptors (Lipinski definition) is 4. The van der Waals surface area contributed by atoms with Gasteiger partial charge in [-0.25, -0.2) is 9.97 Å². The Morgan fingerprint density at radius 1 is 1.11 bits per heavy atom. The fourth-order valence-electron chi connectivity index (χ4n) is 2.81. The van der Waals surface area contributed by atoms with Gasteiger partial charge in [-0.15, -0.1) is 0 Å². The molecule has 0 spiro atoms. The van der Waals surface area contributed by atoms with Crippen LogP contribution in [0.25, 0.3) is 11.0 Å². The second-order valence-corrected chi connectivity index (χ2v) is 6.34. The maximum atomic E-state index is 12.4. The minimum absolute atomic E-state index is 0.160. The zero-order valence-corrected chi connectivity index (χ0v) is 15.2. The van der Waals surface area contributed by atoms with Crippen molar-refractivity contribution in [2.45, 2.75) is 6.92 Å². The van der Waals surface area contributed by atoms with Crippen molar-refractivity contribution in [2.24, 2.45) is 0 Å². The molecule has 6 nitrogen and oxygen atoms in total. The molecule has 0 bridgehead atoms. The molecule has 4 N–H and O–H groups in total. The number of nitrogens with zero attached hydrogens (tertiary/aromatic N) is 2. The Morgan fingerprint density at radius 3 is 2.75 bits per heavy atom. The summed E-state index contributed by atoms with van der Waals surface area (Å²) in [5, 5.41) is 3.60. The second kappa shape index (κ2) is 7.25. The van der Waals surface area contributed by atoms with E-state index in [1.165, 1.54) is 6.33 Å². The number of nitrogens with one attached hydrogen (secondary N) is 2. The Bertz CT molecular complexity index is 1230. The first-order valence-corrected chi connectivity index (χ1v) is 8.68. The number of fused-ring (bicyclic) bond motifs is 1. The first-order valence-electron chi connectivity index (χ1n) is 8.68. The maximum absolute atomic E-state index is 12.4. The van der Waals surface area contributed by atoms with Crippen LogP contribution in [0.3, 0.4) is 0 Å². The summed E-state index contributed by atoms with van der Waals surface area (Å²) in [5.74, 6) is 6.41. The molecule has 0 saturated heterocycles. The van der Waals surface area contributed by atoms with Crippen LogP contribution in [0.5, 0.6) is 0 Å². The van der Waals surface area contributed by atoms with Crippen LogP contribution in [0.2, 0.25) is 0 Å². The lowest BCUT2D eigenvalue weighted by molar-refractivity contribution is 0.102. The molecule has 0 aliphatic carbocycles. The van der Waals surface area contributed by atoms with Gasteiger partial charge in [-0.05, 0) is 37.3 Å². The largest absolute Gasteiger partial charge is 0.383 e. The number of anilines is 2. The third-order valence-electron chi connectivity index (χ3n) is 4.27. The molecule has 2 aromatic carbocycles. The van der Waals surface area contributed by atoms with E-state index in [2.05, 4.69) is 32.1 Å². The molecule has 2 aromatic heterocycles. The molecule has 0 unspecified atom stereocenters. The number of amides is 1. The maximum Gasteiger partial charge on any atom is 0.255 e. The number of aromatic amines is 1. The topological polar surface area (TPSA) is 96.7 Å². The number of carbonyl (C=O) groups excluding carboxylic acids is 1. The van der Waals surface area contributed by atoms with Crippen LogP contribution in [0.1, 0.15) is 27.0 Å². The number of aromatic nitrogens is 3. The van der Waals surface area contributed by atoms with E-state index in [1.807, 2.05) is 43.3 Å². The van der Waals surface area contributed by atoms with Gasteiger partial charge in [-0.3, -0.25) is 4.79 Å². The van der Waals surface area contributed by atoms with Gasteiger partial charge >= 0.3 is 0 Å². The van der Waals surface area contributed by atoms with Gasteiger partial charge in [-0.2, -0.15) is 0 Å². The van der Waals surface area contributed by atoms with Gasteiger partial charge in [0.1, 0.15) is 17.8 Å². The number of nitrogens with two attached hydrogens (primary N) is 1. The van der Waals surface area contributed by atoms with E-state index in [0.717, 1.165) is 16.7 Å². The van der Waals surface area contributed by atoms with Crippen LogP contribution in [-0.4, -0.2) is 20.9 Å². The molecule has 2 heterocycles. The molecule has 136 valence electrons. The smallest absolute Gasteiger partial charge is 0.255 e. The van der Waals surface area contributed by atoms with E-state index in [4.69, 9.17) is 5.73 Å². The molecule has 0 aliphatic heterocycles. The number of hydrogen-bond donors (Lipinski definition) is 3. The minimum Gasteiger partial charge on any atom is -0.383 e. The van der Waals surface area contributed by atoms with E-state index >= 15 is 0 Å². The van der Waals surface area contributed by atoms with Crippen molar-refractivity contribution in [2.75, 3.05) is 11.1 Å². The summed E-state index contributed by atoms with van der Waals surface area (Å²) in [5.41, 5.74) is 10.5. The average molecular weight is 367 g/mol. The van der Waals surface area contributed by atoms with Crippen molar-refractivity contribution in [1.29, 1.82) is 0 Å². The van der Waals surface area contributed by atoms with Crippen molar-refractivity contribution in [3.05, 3.63) is 83.3 Å². The van der Waals surface area contributed by atoms with Crippen molar-refractivity contribution in [3.8, 4) is 11.8 Å². The summed E-state index contributed by atoms with van der Waals surface area (Å²) < 4.78 is 0. The van der Waals surface area contributed by atoms with Crippen LogP contribution in [0, 0.1) is 18.8 Å². The molecule has 6 heteroatoms. The Labute approximate surface area is 161 Å². The van der Waals surface area contributed by atoms with Crippen molar-refractivity contribution >= 4 is 28.4 Å². The first kappa shape index (κ1) is 17.3. The highest BCUT2D eigenvalue weighted by molar-refractivity contribution is 6.04. The van der Waals surface area contributed by atoms with Crippen molar-refractivity contribution < 1.29 is 4.79 Å². The monoisotopic (exact) mass is 367 g/mol. The van der Waals surface area contributed by atoms with Crippen LogP contribution in [0.15, 0.2) is 61.1 Å². The summed E-state index contributed by atoms with van der Waals surface area (Å²) >= 11 is 0. The minimum atomic E-state index is -0.160. The molecular formula is C22H17N5O. The number of nitrogen functional groups attached to an aromatic ring is 1. The van der Waals surface area contributed by atoms with E-state index in [1.54, 1.807) is 18.3 Å². The molecular weight excluding hydrogens is 350 g/mol. The predicted octanol–water partition coefficient (Wildman–Crippen LogP) is 3.50. The number of rotatable bonds is 2. The second-order valence-electron chi connectivity index (χ2n) is 6.34. The number of benzene rings is 2. The molecule has 4 rings (SSSR count). The van der Waals surface area contributed by atoms with Crippen LogP contribution < -0.4 is 11.1 Å². The molecule has 0 aliphatic rings. The Morgan fingerprint density at radius 2 is 1.93 bits per heavy atom. The first-order chi connectivity index (χ1) is 13.6. The molecule has 4 aromatic rings. The van der Waals surface area contributed by atoms with Crippen molar-refractivity contribution in [3.63, 3.8) is 0 Å². The van der Waals surface area contributed by atoms with Crippen LogP contribution >= 0.6 is 0 Å². The molecule has 1 amide bonds. The highest BCUT2D eigenvalue weighted by Crippen LogP contribution is 2.20. The summed E-state index contributed by atoms with van der Waals surface area (Å²) in [6, 6.07) is 14.8. The predicted molar refractivity (Wildman–Crippen MR) is 110 cm³/mol. The lowest BCUT2D eigenvalue weighted by Crippen LogP contribution is -2.11. The number of H-pyrrole nitrogens is 1. The number of aryl methyl sites for hydroxylation is 1. The Balaban J connectivity index is 1.57. The van der Waals surface area contributed by atoms with Crippen LogP contribution in [0.4, 0.5) is 11.5 Å². The van der Waals surface area contributed by atoms with Gasteiger partial charge in [0.2, 0.25) is 0 Å². The van der Waals surface area contributed by atoms with E-state index in [9.17, 15) is 4.79 Å². The van der Waals surface area contributed by atoms with Crippen LogP contribution in [-0.2, 0) is 0 Å². The summed E-state index contributed by atoms with van der Waals surface area (Å²) in [6.07, 6.45) is 3.16. The summed E-state index contributed by atoms with van der Waals surface area (Å²) in [4.78, 5) is 23.6. The SMILES string of the molecule is Cc1ccc(C(=O)Nc2cccc(C#Cc3c[nH]c4ncnc(N)c34)c2)cc1. The highest BCUT2D eigenvalue weighted by atomic mass is 16.1. The lowest BCUT2D eigenvalue weighted by atomic mass is 10.1. The molecule has 0 saturated carbocycles. The zero-order chi connectivity index (χ0) is 19.5. The molecule has 0 fully saturated rings. The van der Waals surface area contributed by atoms with E-state index in [0.29, 0.717) is 28.1 Å². The van der Waals surface area contributed by atoms with Gasteiger partial charge in [0.15, 0.2) is 0 Å². The molecule has 0 radical (unpaired) electrons. The fourth-order valence-corrected chi connectivity index (χ4v) is 2.81.